The Balaban J connectivity index is 3.41. The van der Waals surface area contributed by atoms with Gasteiger partial charge < -0.3 is 14.6 Å². The summed E-state index contributed by atoms with van der Waals surface area (Å²) in [6.45, 7) is 5.24. The molecule has 0 aromatic carbocycles. The first-order valence-corrected chi connectivity index (χ1v) is 23.7. The Labute approximate surface area is 337 Å². The molecular weight excluding hydrogens is 665 g/mol. The highest BCUT2D eigenvalue weighted by Gasteiger charge is 2.13. The van der Waals surface area contributed by atoms with Crippen LogP contribution in [0.4, 0.5) is 0 Å². The lowest BCUT2D eigenvalue weighted by Gasteiger charge is -2.16. The lowest BCUT2D eigenvalue weighted by atomic mass is 10.0. The summed E-state index contributed by atoms with van der Waals surface area (Å²) in [5, 5.41) is 9.63. The molecule has 1 N–H and O–H groups in total. The van der Waals surface area contributed by atoms with E-state index in [0.29, 0.717) is 19.6 Å². The second-order valence-electron chi connectivity index (χ2n) is 15.8. The summed E-state index contributed by atoms with van der Waals surface area (Å²) in [4.78, 5) is 12.2. The average molecular weight is 757 g/mol. The molecule has 0 spiro atoms. The van der Waals surface area contributed by atoms with E-state index in [2.05, 4.69) is 62.5 Å². The van der Waals surface area contributed by atoms with Gasteiger partial charge in [0, 0.05) is 13.0 Å². The third-order valence-corrected chi connectivity index (χ3v) is 10.4. The van der Waals surface area contributed by atoms with Crippen molar-refractivity contribution in [1.29, 1.82) is 0 Å². The fourth-order valence-corrected chi connectivity index (χ4v) is 6.91. The zero-order chi connectivity index (χ0) is 39.1. The van der Waals surface area contributed by atoms with Gasteiger partial charge >= 0.3 is 5.97 Å². The van der Waals surface area contributed by atoms with E-state index in [1.807, 2.05) is 0 Å². The Morgan fingerprint density at radius 1 is 0.463 bits per heavy atom. The second-order valence-corrected chi connectivity index (χ2v) is 15.8. The summed E-state index contributed by atoms with van der Waals surface area (Å²) >= 11 is 0. The highest BCUT2D eigenvalue weighted by atomic mass is 16.6. The predicted molar refractivity (Wildman–Crippen MR) is 237 cm³/mol. The number of hydrogen-bond acceptors (Lipinski definition) is 4. The van der Waals surface area contributed by atoms with Gasteiger partial charge in [0.2, 0.25) is 0 Å². The maximum absolute atomic E-state index is 12.2. The summed E-state index contributed by atoms with van der Waals surface area (Å²) in [5.74, 6) is -0.201. The predicted octanol–water partition coefficient (Wildman–Crippen LogP) is 15.8. The van der Waals surface area contributed by atoms with Crippen LogP contribution in [-0.4, -0.2) is 37.0 Å². The second kappa shape index (κ2) is 47.5. The van der Waals surface area contributed by atoms with Crippen LogP contribution in [0.3, 0.4) is 0 Å². The van der Waals surface area contributed by atoms with Crippen LogP contribution in [0.5, 0.6) is 0 Å². The molecule has 0 aromatic rings. The largest absolute Gasteiger partial charge is 0.457 e. The number of carbonyl (C=O) groups is 1. The molecule has 0 heterocycles. The molecule has 0 aliphatic carbocycles. The quantitative estimate of drug-likeness (QED) is 0.0382. The topological polar surface area (TPSA) is 55.8 Å². The fraction of sp³-hybridized carbons (Fsp3) is 0.820. The van der Waals surface area contributed by atoms with Crippen molar-refractivity contribution in [2.75, 3.05) is 19.8 Å². The van der Waals surface area contributed by atoms with E-state index in [0.717, 1.165) is 44.9 Å². The van der Waals surface area contributed by atoms with Crippen molar-refractivity contribution in [2.45, 2.75) is 245 Å². The zero-order valence-corrected chi connectivity index (χ0v) is 36.2. The summed E-state index contributed by atoms with van der Waals surface area (Å²) in [5.41, 5.74) is 0. The molecular formula is C50H92O4. The van der Waals surface area contributed by atoms with Gasteiger partial charge in [0.25, 0.3) is 0 Å². The molecule has 4 heteroatoms. The van der Waals surface area contributed by atoms with Crippen molar-refractivity contribution in [3.05, 3.63) is 48.6 Å². The molecule has 54 heavy (non-hydrogen) atoms. The molecule has 0 bridgehead atoms. The third kappa shape index (κ3) is 44.7. The average Bonchev–Trinajstić information content (AvgIpc) is 3.18. The molecule has 4 nitrogen and oxygen atoms in total. The Morgan fingerprint density at radius 2 is 0.833 bits per heavy atom. The van der Waals surface area contributed by atoms with Gasteiger partial charge in [0.1, 0.15) is 6.10 Å². The van der Waals surface area contributed by atoms with Crippen LogP contribution in [0.25, 0.3) is 0 Å². The van der Waals surface area contributed by atoms with Crippen molar-refractivity contribution in [3.8, 4) is 0 Å². The summed E-state index contributed by atoms with van der Waals surface area (Å²) in [7, 11) is 0. The maximum Gasteiger partial charge on any atom is 0.306 e. The maximum atomic E-state index is 12.2. The van der Waals surface area contributed by atoms with Crippen molar-refractivity contribution in [1.82, 2.24) is 0 Å². The highest BCUT2D eigenvalue weighted by molar-refractivity contribution is 5.69. The molecule has 0 aliphatic heterocycles. The number of aliphatic hydroxyl groups is 1. The molecule has 0 saturated heterocycles. The lowest BCUT2D eigenvalue weighted by Crippen LogP contribution is -2.27. The normalized spacial score (nSPS) is 12.7. The van der Waals surface area contributed by atoms with Crippen LogP contribution in [0.2, 0.25) is 0 Å². The lowest BCUT2D eigenvalue weighted by molar-refractivity contribution is -0.154. The highest BCUT2D eigenvalue weighted by Crippen LogP contribution is 2.16. The SMILES string of the molecule is CC/C=C\C/C=C\C/C=C\C/C=C\CCCCCCCCCOCC(CO)OC(=O)CCCCCCCCCCCCCCCCCCCCCCCC. The van der Waals surface area contributed by atoms with Crippen LogP contribution in [0.15, 0.2) is 48.6 Å². The Bertz CT molecular complexity index is 844. The van der Waals surface area contributed by atoms with E-state index in [4.69, 9.17) is 9.47 Å². The van der Waals surface area contributed by atoms with Gasteiger partial charge in [-0.3, -0.25) is 4.79 Å². The van der Waals surface area contributed by atoms with E-state index < -0.39 is 6.10 Å². The molecule has 1 atom stereocenters. The van der Waals surface area contributed by atoms with Gasteiger partial charge in [-0.1, -0.05) is 229 Å². The van der Waals surface area contributed by atoms with Crippen LogP contribution >= 0.6 is 0 Å². The number of unbranched alkanes of at least 4 members (excludes halogenated alkanes) is 28. The summed E-state index contributed by atoms with van der Waals surface area (Å²) in [6, 6.07) is 0. The minimum absolute atomic E-state index is 0.175. The van der Waals surface area contributed by atoms with E-state index >= 15 is 0 Å². The molecule has 316 valence electrons. The van der Waals surface area contributed by atoms with Gasteiger partial charge in [-0.15, -0.1) is 0 Å². The minimum atomic E-state index is -0.539. The number of hydrogen-bond donors (Lipinski definition) is 1. The van der Waals surface area contributed by atoms with E-state index in [1.165, 1.54) is 173 Å². The number of allylic oxidation sites excluding steroid dienone is 8. The summed E-state index contributed by atoms with van der Waals surface area (Å²) < 4.78 is 11.2. The minimum Gasteiger partial charge on any atom is -0.457 e. The van der Waals surface area contributed by atoms with E-state index in [1.54, 1.807) is 0 Å². The first kappa shape index (κ1) is 52.3. The molecule has 1 unspecified atom stereocenters. The van der Waals surface area contributed by atoms with Crippen molar-refractivity contribution >= 4 is 5.97 Å². The number of esters is 1. The fourth-order valence-electron chi connectivity index (χ4n) is 6.91. The van der Waals surface area contributed by atoms with Crippen LogP contribution < -0.4 is 0 Å². The van der Waals surface area contributed by atoms with Crippen LogP contribution in [-0.2, 0) is 14.3 Å². The Morgan fingerprint density at radius 3 is 1.26 bits per heavy atom. The number of rotatable bonds is 44. The molecule has 0 fully saturated rings. The standard InChI is InChI=1S/C50H92O4/c1-3-5-7-9-11-13-15-17-19-21-23-25-26-27-29-31-33-35-37-39-41-43-45-50(52)54-49(47-51)48-53-46-44-42-40-38-36-34-32-30-28-24-22-20-18-16-14-12-10-8-6-4-2/h6,8,12,14,18,20,24,28,49,51H,3-5,7,9-11,13,15-17,19,21-23,25-27,29-48H2,1-2H3/b8-6-,14-12-,20-18-,28-24-. The van der Waals surface area contributed by atoms with Crippen molar-refractivity contribution < 1.29 is 19.4 Å². The Kier molecular flexibility index (Phi) is 46.0. The molecule has 0 rings (SSSR count). The van der Waals surface area contributed by atoms with Gasteiger partial charge in [0.05, 0.1) is 13.2 Å². The third-order valence-electron chi connectivity index (χ3n) is 10.4. The Hall–Kier alpha value is -1.65. The number of ether oxygens (including phenoxy) is 2. The van der Waals surface area contributed by atoms with E-state index in [-0.39, 0.29) is 12.6 Å². The zero-order valence-electron chi connectivity index (χ0n) is 36.2. The van der Waals surface area contributed by atoms with Crippen molar-refractivity contribution in [2.24, 2.45) is 0 Å². The van der Waals surface area contributed by atoms with Crippen LogP contribution in [0, 0.1) is 0 Å². The molecule has 0 aromatic heterocycles. The summed E-state index contributed by atoms with van der Waals surface area (Å²) in [6.07, 6.45) is 61.9. The first-order chi connectivity index (χ1) is 26.7. The molecule has 0 aliphatic rings. The van der Waals surface area contributed by atoms with Gasteiger partial charge in [-0.25, -0.2) is 0 Å². The van der Waals surface area contributed by atoms with Crippen LogP contribution in [0.1, 0.15) is 239 Å². The van der Waals surface area contributed by atoms with Crippen molar-refractivity contribution in [3.63, 3.8) is 0 Å². The van der Waals surface area contributed by atoms with Gasteiger partial charge in [-0.05, 0) is 51.4 Å². The van der Waals surface area contributed by atoms with Gasteiger partial charge in [0.15, 0.2) is 0 Å². The number of carbonyl (C=O) groups excluding carboxylic acids is 1. The molecule has 0 radical (unpaired) electrons. The van der Waals surface area contributed by atoms with Gasteiger partial charge in [-0.2, -0.15) is 0 Å². The number of aliphatic hydroxyl groups excluding tert-OH is 1. The molecule has 0 saturated carbocycles. The smallest absolute Gasteiger partial charge is 0.306 e. The van der Waals surface area contributed by atoms with E-state index in [9.17, 15) is 9.90 Å². The first-order valence-electron chi connectivity index (χ1n) is 23.7. The monoisotopic (exact) mass is 757 g/mol. The molecule has 0 amide bonds.